The number of rotatable bonds is 4. The van der Waals surface area contributed by atoms with Gasteiger partial charge < -0.3 is 4.90 Å². The van der Waals surface area contributed by atoms with Crippen LogP contribution in [0.5, 0.6) is 0 Å². The van der Waals surface area contributed by atoms with Gasteiger partial charge in [0.25, 0.3) is 0 Å². The molecule has 0 N–H and O–H groups in total. The number of hydrogen-bond donors (Lipinski definition) is 0. The fraction of sp³-hybridized carbons (Fsp3) is 0.273. The smallest absolute Gasteiger partial charge is 0.227 e. The number of aromatic nitrogens is 1. The first kappa shape index (κ1) is 17.2. The largest absolute Gasteiger partial charge is 0.341 e. The molecule has 2 aromatic carbocycles. The van der Waals surface area contributed by atoms with Crippen LogP contribution in [0.4, 0.5) is 0 Å². The number of carbonyl (C=O) groups excluding carboxylic acids is 1. The Labute approximate surface area is 149 Å². The van der Waals surface area contributed by atoms with Crippen LogP contribution < -0.4 is 0 Å². The summed E-state index contributed by atoms with van der Waals surface area (Å²) in [7, 11) is 1.87. The van der Waals surface area contributed by atoms with Gasteiger partial charge in [-0.1, -0.05) is 42.5 Å². The molecule has 0 spiro atoms. The molecule has 1 aromatic heterocycles. The molecule has 0 saturated heterocycles. The van der Waals surface area contributed by atoms with E-state index in [-0.39, 0.29) is 5.91 Å². The summed E-state index contributed by atoms with van der Waals surface area (Å²) in [4.78, 5) is 19.2. The fourth-order valence-corrected chi connectivity index (χ4v) is 3.25. The lowest BCUT2D eigenvalue weighted by Gasteiger charge is -2.20. The zero-order chi connectivity index (χ0) is 18.0. The molecular formula is C22H24N2O. The highest BCUT2D eigenvalue weighted by molar-refractivity contribution is 5.86. The Morgan fingerprint density at radius 2 is 1.68 bits per heavy atom. The van der Waals surface area contributed by atoms with Crippen LogP contribution in [0.2, 0.25) is 0 Å². The molecule has 3 aromatic rings. The normalized spacial score (nSPS) is 10.9. The van der Waals surface area contributed by atoms with Gasteiger partial charge in [-0.25, -0.2) is 0 Å². The number of para-hydroxylation sites is 1. The van der Waals surface area contributed by atoms with E-state index in [1.807, 2.05) is 44.3 Å². The van der Waals surface area contributed by atoms with Gasteiger partial charge >= 0.3 is 0 Å². The highest BCUT2D eigenvalue weighted by atomic mass is 16.2. The highest BCUT2D eigenvalue weighted by Gasteiger charge is 2.16. The van der Waals surface area contributed by atoms with E-state index < -0.39 is 0 Å². The minimum atomic E-state index is 0.117. The first-order valence-electron chi connectivity index (χ1n) is 8.60. The lowest BCUT2D eigenvalue weighted by atomic mass is 9.99. The van der Waals surface area contributed by atoms with Crippen molar-refractivity contribution in [3.63, 3.8) is 0 Å². The summed E-state index contributed by atoms with van der Waals surface area (Å²) in [6, 6.07) is 16.3. The average Bonchev–Trinajstić information content (AvgIpc) is 2.60. The molecule has 3 rings (SSSR count). The van der Waals surface area contributed by atoms with Crippen LogP contribution in [0.1, 0.15) is 27.9 Å². The van der Waals surface area contributed by atoms with Crippen LogP contribution in [0.3, 0.4) is 0 Å². The Balaban J connectivity index is 1.83. The van der Waals surface area contributed by atoms with E-state index in [0.29, 0.717) is 13.0 Å². The van der Waals surface area contributed by atoms with Crippen molar-refractivity contribution in [3.8, 4) is 0 Å². The molecule has 3 nitrogen and oxygen atoms in total. The first-order chi connectivity index (χ1) is 12.0. The van der Waals surface area contributed by atoms with Crippen molar-refractivity contribution >= 4 is 16.8 Å². The number of hydrogen-bond acceptors (Lipinski definition) is 2. The van der Waals surface area contributed by atoms with E-state index in [1.165, 1.54) is 11.1 Å². The summed E-state index contributed by atoms with van der Waals surface area (Å²) >= 11 is 0. The SMILES string of the molecule is Cc1ccccc1CN(C)C(=O)Cc1c(C)nc2ccccc2c1C. The van der Waals surface area contributed by atoms with E-state index in [9.17, 15) is 4.79 Å². The van der Waals surface area contributed by atoms with Crippen LogP contribution in [0.25, 0.3) is 10.9 Å². The third-order valence-corrected chi connectivity index (χ3v) is 4.91. The third kappa shape index (κ3) is 3.55. The lowest BCUT2D eigenvalue weighted by molar-refractivity contribution is -0.129. The van der Waals surface area contributed by atoms with Crippen LogP contribution in [0, 0.1) is 20.8 Å². The number of pyridine rings is 1. The Morgan fingerprint density at radius 3 is 2.44 bits per heavy atom. The van der Waals surface area contributed by atoms with Crippen LogP contribution in [-0.4, -0.2) is 22.8 Å². The van der Waals surface area contributed by atoms with Crippen LogP contribution in [-0.2, 0) is 17.8 Å². The van der Waals surface area contributed by atoms with E-state index in [4.69, 9.17) is 0 Å². The predicted octanol–water partition coefficient (Wildman–Crippen LogP) is 4.36. The van der Waals surface area contributed by atoms with Gasteiger partial charge in [0.15, 0.2) is 0 Å². The Hall–Kier alpha value is -2.68. The summed E-state index contributed by atoms with van der Waals surface area (Å²) in [5, 5.41) is 1.12. The second-order valence-electron chi connectivity index (χ2n) is 6.67. The molecule has 128 valence electrons. The summed E-state index contributed by atoms with van der Waals surface area (Å²) in [6.45, 7) is 6.78. The monoisotopic (exact) mass is 332 g/mol. The number of nitrogens with zero attached hydrogens (tertiary/aromatic N) is 2. The number of likely N-dealkylation sites (N-methyl/N-ethyl adjacent to an activating group) is 1. The maximum Gasteiger partial charge on any atom is 0.227 e. The Kier molecular flexibility index (Phi) is 4.84. The van der Waals surface area contributed by atoms with E-state index in [2.05, 4.69) is 37.0 Å². The minimum Gasteiger partial charge on any atom is -0.341 e. The van der Waals surface area contributed by atoms with E-state index in [1.54, 1.807) is 4.90 Å². The van der Waals surface area contributed by atoms with E-state index in [0.717, 1.165) is 27.7 Å². The fourth-order valence-electron chi connectivity index (χ4n) is 3.25. The van der Waals surface area contributed by atoms with E-state index >= 15 is 0 Å². The van der Waals surface area contributed by atoms with Gasteiger partial charge in [0.1, 0.15) is 0 Å². The zero-order valence-electron chi connectivity index (χ0n) is 15.3. The Morgan fingerprint density at radius 1 is 1.00 bits per heavy atom. The molecule has 0 fully saturated rings. The molecule has 0 aliphatic heterocycles. The molecule has 3 heteroatoms. The van der Waals surface area contributed by atoms with Crippen molar-refractivity contribution in [2.24, 2.45) is 0 Å². The van der Waals surface area contributed by atoms with Gasteiger partial charge in [-0.15, -0.1) is 0 Å². The van der Waals surface area contributed by atoms with Crippen molar-refractivity contribution in [2.75, 3.05) is 7.05 Å². The van der Waals surface area contributed by atoms with Gasteiger partial charge in [0.2, 0.25) is 5.91 Å². The molecule has 1 amide bonds. The molecule has 0 radical (unpaired) electrons. The molecular weight excluding hydrogens is 308 g/mol. The maximum absolute atomic E-state index is 12.8. The second-order valence-corrected chi connectivity index (χ2v) is 6.67. The van der Waals surface area contributed by atoms with Crippen LogP contribution in [0.15, 0.2) is 48.5 Å². The molecule has 0 atom stereocenters. The van der Waals surface area contributed by atoms with Crippen molar-refractivity contribution in [3.05, 3.63) is 76.5 Å². The van der Waals surface area contributed by atoms with Crippen molar-refractivity contribution < 1.29 is 4.79 Å². The quantitative estimate of drug-likeness (QED) is 0.711. The topological polar surface area (TPSA) is 33.2 Å². The van der Waals surface area contributed by atoms with Crippen molar-refractivity contribution in [1.29, 1.82) is 0 Å². The molecule has 1 heterocycles. The van der Waals surface area contributed by atoms with Gasteiger partial charge in [-0.05, 0) is 49.1 Å². The molecule has 0 saturated carbocycles. The number of benzene rings is 2. The first-order valence-corrected chi connectivity index (χ1v) is 8.60. The van der Waals surface area contributed by atoms with Gasteiger partial charge in [0, 0.05) is 24.7 Å². The average molecular weight is 332 g/mol. The predicted molar refractivity (Wildman–Crippen MR) is 103 cm³/mol. The maximum atomic E-state index is 12.8. The molecule has 0 unspecified atom stereocenters. The van der Waals surface area contributed by atoms with Gasteiger partial charge in [-0.2, -0.15) is 0 Å². The second kappa shape index (κ2) is 7.06. The molecule has 0 aliphatic rings. The van der Waals surface area contributed by atoms with Crippen LogP contribution >= 0.6 is 0 Å². The summed E-state index contributed by atoms with van der Waals surface area (Å²) in [6.07, 6.45) is 0.387. The minimum absolute atomic E-state index is 0.117. The molecule has 0 bridgehead atoms. The molecule has 25 heavy (non-hydrogen) atoms. The number of amides is 1. The Bertz CT molecular complexity index is 930. The standard InChI is InChI=1S/C22H24N2O/c1-15-9-5-6-10-18(15)14-24(4)22(25)13-20-16(2)19-11-7-8-12-21(19)23-17(20)3/h5-12H,13-14H2,1-4H3. The third-order valence-electron chi connectivity index (χ3n) is 4.91. The lowest BCUT2D eigenvalue weighted by Crippen LogP contribution is -2.28. The summed E-state index contributed by atoms with van der Waals surface area (Å²) < 4.78 is 0. The van der Waals surface area contributed by atoms with Crippen molar-refractivity contribution in [2.45, 2.75) is 33.7 Å². The molecule has 0 aliphatic carbocycles. The number of fused-ring (bicyclic) bond motifs is 1. The number of aryl methyl sites for hydroxylation is 3. The zero-order valence-corrected chi connectivity index (χ0v) is 15.3. The summed E-state index contributed by atoms with van der Waals surface area (Å²) in [5.41, 5.74) is 6.52. The van der Waals surface area contributed by atoms with Crippen molar-refractivity contribution in [1.82, 2.24) is 9.88 Å². The number of carbonyl (C=O) groups is 1. The van der Waals surface area contributed by atoms with Gasteiger partial charge in [0.05, 0.1) is 11.9 Å². The highest BCUT2D eigenvalue weighted by Crippen LogP contribution is 2.23. The summed E-state index contributed by atoms with van der Waals surface area (Å²) in [5.74, 6) is 0.117. The van der Waals surface area contributed by atoms with Gasteiger partial charge in [-0.3, -0.25) is 9.78 Å².